The molecular formula is C34H29F8N3O6S. The minimum Gasteiger partial charge on any atom is -0.481 e. The summed E-state index contributed by atoms with van der Waals surface area (Å²) in [5.74, 6) is -3.81. The Morgan fingerprint density at radius 1 is 0.885 bits per heavy atom. The number of amides is 2. The Morgan fingerprint density at radius 2 is 1.48 bits per heavy atom. The highest BCUT2D eigenvalue weighted by Crippen LogP contribution is 2.54. The topological polar surface area (TPSA) is 128 Å². The van der Waals surface area contributed by atoms with E-state index < -0.39 is 96.8 Å². The zero-order valence-corrected chi connectivity index (χ0v) is 27.7. The van der Waals surface area contributed by atoms with E-state index in [0.29, 0.717) is 12.1 Å². The Labute approximate surface area is 291 Å². The first-order valence-electron chi connectivity index (χ1n) is 15.6. The molecule has 2 fully saturated rings. The molecule has 0 saturated carbocycles. The Kier molecular flexibility index (Phi) is 10.4. The molecule has 0 unspecified atom stereocenters. The van der Waals surface area contributed by atoms with E-state index >= 15 is 0 Å². The molecule has 0 bridgehead atoms. The van der Waals surface area contributed by atoms with Gasteiger partial charge in [0.1, 0.15) is 16.4 Å². The van der Waals surface area contributed by atoms with Crippen LogP contribution in [0.1, 0.15) is 41.5 Å². The molecule has 9 nitrogen and oxygen atoms in total. The van der Waals surface area contributed by atoms with Gasteiger partial charge < -0.3 is 19.6 Å². The summed E-state index contributed by atoms with van der Waals surface area (Å²) in [5, 5.41) is 18.5. The third kappa shape index (κ3) is 6.67. The van der Waals surface area contributed by atoms with E-state index in [4.69, 9.17) is 0 Å². The van der Waals surface area contributed by atoms with Crippen LogP contribution in [-0.4, -0.2) is 73.9 Å². The van der Waals surface area contributed by atoms with Gasteiger partial charge in [-0.05, 0) is 61.2 Å². The quantitative estimate of drug-likeness (QED) is 0.201. The number of alkyl halides is 6. The maximum absolute atomic E-state index is 14.6. The molecular weight excluding hydrogens is 730 g/mol. The second-order valence-electron chi connectivity index (χ2n) is 12.4. The minimum atomic E-state index is -6.21. The van der Waals surface area contributed by atoms with Gasteiger partial charge in [0.15, 0.2) is 9.84 Å². The predicted molar refractivity (Wildman–Crippen MR) is 165 cm³/mol. The van der Waals surface area contributed by atoms with Crippen molar-refractivity contribution >= 4 is 21.8 Å². The van der Waals surface area contributed by atoms with Gasteiger partial charge in [-0.3, -0.25) is 4.79 Å². The van der Waals surface area contributed by atoms with Crippen molar-refractivity contribution in [3.8, 4) is 6.07 Å². The molecule has 5 rings (SSSR count). The fourth-order valence-corrected chi connectivity index (χ4v) is 8.72. The lowest BCUT2D eigenvalue weighted by Crippen LogP contribution is -2.56. The highest BCUT2D eigenvalue weighted by molar-refractivity contribution is 7.92. The van der Waals surface area contributed by atoms with Crippen molar-refractivity contribution in [1.29, 1.82) is 5.26 Å². The summed E-state index contributed by atoms with van der Waals surface area (Å²) in [6, 6.07) is 9.39. The average Bonchev–Trinajstić information content (AvgIpc) is 3.55. The van der Waals surface area contributed by atoms with Crippen molar-refractivity contribution in [3.05, 3.63) is 101 Å². The summed E-state index contributed by atoms with van der Waals surface area (Å²) >= 11 is 0. The number of carboxylic acid groups (broad SMARTS) is 1. The normalized spacial score (nSPS) is 19.1. The Hall–Kier alpha value is -4.76. The molecule has 2 aliphatic heterocycles. The van der Waals surface area contributed by atoms with E-state index in [1.807, 2.05) is 0 Å². The van der Waals surface area contributed by atoms with Crippen LogP contribution in [0.25, 0.3) is 0 Å². The van der Waals surface area contributed by atoms with Gasteiger partial charge >= 0.3 is 24.4 Å². The van der Waals surface area contributed by atoms with Gasteiger partial charge in [0, 0.05) is 37.3 Å². The number of hydrogen-bond acceptors (Lipinski definition) is 6. The summed E-state index contributed by atoms with van der Waals surface area (Å²) < 4.78 is 147. The van der Waals surface area contributed by atoms with E-state index in [0.717, 1.165) is 59.5 Å². The molecule has 2 saturated heterocycles. The molecule has 0 spiro atoms. The highest BCUT2D eigenvalue weighted by atomic mass is 32.2. The number of carbonyl (C=O) groups excluding carboxylic acids is 1. The first kappa shape index (κ1) is 38.5. The van der Waals surface area contributed by atoms with Crippen LogP contribution in [0.4, 0.5) is 39.9 Å². The zero-order valence-electron chi connectivity index (χ0n) is 26.8. The van der Waals surface area contributed by atoms with Crippen molar-refractivity contribution in [2.45, 2.75) is 53.5 Å². The monoisotopic (exact) mass is 759 g/mol. The number of likely N-dealkylation sites (tertiary alicyclic amines) is 2. The Morgan fingerprint density at radius 3 is 2.02 bits per heavy atom. The Balaban J connectivity index is 1.57. The lowest BCUT2D eigenvalue weighted by Gasteiger charge is -2.38. The lowest BCUT2D eigenvalue weighted by molar-refractivity contribution is -0.392. The fourth-order valence-electron chi connectivity index (χ4n) is 6.65. The van der Waals surface area contributed by atoms with Crippen LogP contribution < -0.4 is 0 Å². The molecule has 0 radical (unpaired) electrons. The Bertz CT molecular complexity index is 1960. The van der Waals surface area contributed by atoms with Crippen molar-refractivity contribution in [2.75, 3.05) is 26.2 Å². The van der Waals surface area contributed by atoms with Gasteiger partial charge in [-0.15, -0.1) is 0 Å². The summed E-state index contributed by atoms with van der Waals surface area (Å²) in [5.41, 5.74) is -8.32. The molecule has 2 amide bonds. The van der Waals surface area contributed by atoms with Gasteiger partial charge in [-0.2, -0.15) is 31.6 Å². The minimum absolute atomic E-state index is 0.0401. The SMILES string of the molecule is N#Cc1cccc(F)c1COC(c1ccc([C@]2(S(=O)(=O)c3ccc(F)cc3)CCN(C(=O)N3CCC(C(=O)O)CC3)C2)cc1)(C(F)(F)F)C(F)(F)F. The molecule has 278 valence electrons. The smallest absolute Gasteiger partial charge is 0.430 e. The third-order valence-electron chi connectivity index (χ3n) is 9.54. The second kappa shape index (κ2) is 14.0. The molecule has 0 aromatic heterocycles. The second-order valence-corrected chi connectivity index (χ2v) is 14.7. The number of hydrogen-bond donors (Lipinski definition) is 1. The molecule has 2 aliphatic rings. The van der Waals surface area contributed by atoms with Crippen molar-refractivity contribution in [3.63, 3.8) is 0 Å². The van der Waals surface area contributed by atoms with Gasteiger partial charge in [-0.1, -0.05) is 30.3 Å². The number of nitriles is 1. The maximum atomic E-state index is 14.6. The van der Waals surface area contributed by atoms with Crippen LogP contribution in [0.5, 0.6) is 0 Å². The van der Waals surface area contributed by atoms with E-state index in [9.17, 15) is 63.5 Å². The molecule has 2 heterocycles. The summed E-state index contributed by atoms with van der Waals surface area (Å²) in [7, 11) is -4.66. The lowest BCUT2D eigenvalue weighted by atomic mass is 9.88. The molecule has 1 N–H and O–H groups in total. The number of halogens is 8. The molecule has 1 atom stereocenters. The fraction of sp³-hybridized carbons (Fsp3) is 0.382. The molecule has 0 aliphatic carbocycles. The van der Waals surface area contributed by atoms with Gasteiger partial charge in [0.05, 0.1) is 29.1 Å². The van der Waals surface area contributed by atoms with E-state index in [-0.39, 0.29) is 44.5 Å². The third-order valence-corrected chi connectivity index (χ3v) is 12.0. The molecule has 3 aromatic carbocycles. The van der Waals surface area contributed by atoms with Crippen LogP contribution in [0.15, 0.2) is 71.6 Å². The van der Waals surface area contributed by atoms with Gasteiger partial charge in [0.2, 0.25) is 0 Å². The zero-order chi connectivity index (χ0) is 38.3. The molecule has 18 heteroatoms. The first-order valence-corrected chi connectivity index (χ1v) is 17.1. The number of urea groups is 1. The molecule has 3 aromatic rings. The number of carbonyl (C=O) groups is 2. The van der Waals surface area contributed by atoms with E-state index in [1.54, 1.807) is 0 Å². The number of carboxylic acids is 1. The first-order chi connectivity index (χ1) is 24.3. The summed E-state index contributed by atoms with van der Waals surface area (Å²) in [6.45, 7) is -2.37. The van der Waals surface area contributed by atoms with Gasteiger partial charge in [0.25, 0.3) is 5.60 Å². The number of sulfone groups is 1. The summed E-state index contributed by atoms with van der Waals surface area (Å²) in [6.07, 6.45) is -12.5. The largest absolute Gasteiger partial charge is 0.481 e. The number of piperidine rings is 1. The van der Waals surface area contributed by atoms with Crippen LogP contribution in [0, 0.1) is 28.9 Å². The van der Waals surface area contributed by atoms with Crippen LogP contribution in [-0.2, 0) is 36.3 Å². The van der Waals surface area contributed by atoms with Crippen molar-refractivity contribution in [1.82, 2.24) is 9.80 Å². The molecule has 52 heavy (non-hydrogen) atoms. The highest BCUT2D eigenvalue weighted by Gasteiger charge is 2.73. The van der Waals surface area contributed by atoms with Crippen LogP contribution in [0.3, 0.4) is 0 Å². The predicted octanol–water partition coefficient (Wildman–Crippen LogP) is 6.66. The van der Waals surface area contributed by atoms with E-state index in [1.165, 1.54) is 11.0 Å². The van der Waals surface area contributed by atoms with Crippen LogP contribution in [0.2, 0.25) is 0 Å². The number of rotatable bonds is 8. The standard InChI is InChI=1S/C34H29F8N3O6S/c35-25-8-10-26(11-9-25)52(49,50)31(14-17-45(20-31)30(48)44-15-12-21(13-16-44)29(46)47)23-4-6-24(7-5-23)32(33(37,38)39,34(40,41)42)51-19-27-22(18-43)2-1-3-28(27)36/h1-11,21H,12-17,19-20H2,(H,46,47)/t31-/m0/s1. The number of ether oxygens (including phenoxy) is 1. The number of nitrogens with zero attached hydrogens (tertiary/aromatic N) is 3. The van der Waals surface area contributed by atoms with Crippen molar-refractivity contribution in [2.24, 2.45) is 5.92 Å². The van der Waals surface area contributed by atoms with Gasteiger partial charge in [-0.25, -0.2) is 22.0 Å². The number of aliphatic carboxylic acids is 1. The maximum Gasteiger partial charge on any atom is 0.430 e. The van der Waals surface area contributed by atoms with Crippen molar-refractivity contribution < 1.29 is 63.0 Å². The number of benzene rings is 3. The van der Waals surface area contributed by atoms with Crippen LogP contribution >= 0.6 is 0 Å². The summed E-state index contributed by atoms with van der Waals surface area (Å²) in [4.78, 5) is 26.9. The average molecular weight is 760 g/mol. The van der Waals surface area contributed by atoms with E-state index in [2.05, 4.69) is 4.74 Å².